The van der Waals surface area contributed by atoms with Gasteiger partial charge in [0.1, 0.15) is 0 Å². The van der Waals surface area contributed by atoms with Crippen LogP contribution in [0, 0.1) is 5.92 Å². The number of nitrogens with zero attached hydrogens (tertiary/aromatic N) is 2. The van der Waals surface area contributed by atoms with Gasteiger partial charge in [-0.3, -0.25) is 14.5 Å². The number of likely N-dealkylation sites (tertiary alicyclic amines) is 2. The molecule has 2 fully saturated rings. The lowest BCUT2D eigenvalue weighted by Crippen LogP contribution is -2.51. The van der Waals surface area contributed by atoms with E-state index in [-0.39, 0.29) is 55.7 Å². The quantitative estimate of drug-likeness (QED) is 0.850. The van der Waals surface area contributed by atoms with E-state index in [1.165, 1.54) is 0 Å². The summed E-state index contributed by atoms with van der Waals surface area (Å²) in [5, 5.41) is 2.92. The van der Waals surface area contributed by atoms with Gasteiger partial charge in [-0.2, -0.15) is 0 Å². The first kappa shape index (κ1) is 19.1. The van der Waals surface area contributed by atoms with E-state index in [9.17, 15) is 18.4 Å². The first-order valence-corrected chi connectivity index (χ1v) is 8.76. The number of carbonyl (C=O) groups excluding carboxylic acids is 2. The average Bonchev–Trinajstić information content (AvgIpc) is 2.44. The van der Waals surface area contributed by atoms with Gasteiger partial charge in [0.15, 0.2) is 0 Å². The monoisotopic (exact) mass is 345 g/mol. The molecule has 0 aliphatic carbocycles. The van der Waals surface area contributed by atoms with E-state index < -0.39 is 5.92 Å². The van der Waals surface area contributed by atoms with Crippen LogP contribution in [0.5, 0.6) is 0 Å². The number of rotatable bonds is 3. The van der Waals surface area contributed by atoms with Crippen molar-refractivity contribution in [3.8, 4) is 0 Å². The highest BCUT2D eigenvalue weighted by Crippen LogP contribution is 2.29. The first-order chi connectivity index (χ1) is 11.1. The van der Waals surface area contributed by atoms with Gasteiger partial charge < -0.3 is 10.2 Å². The number of carbonyl (C=O) groups is 2. The third-order valence-electron chi connectivity index (χ3n) is 4.54. The van der Waals surface area contributed by atoms with Gasteiger partial charge in [-0.05, 0) is 40.2 Å². The number of alkyl halides is 2. The van der Waals surface area contributed by atoms with Gasteiger partial charge in [-0.1, -0.05) is 0 Å². The lowest BCUT2D eigenvalue weighted by atomic mass is 9.95. The molecule has 2 aliphatic rings. The van der Waals surface area contributed by atoms with Crippen LogP contribution in [0.2, 0.25) is 0 Å². The van der Waals surface area contributed by atoms with Crippen LogP contribution in [0.25, 0.3) is 0 Å². The molecule has 0 aromatic heterocycles. The molecule has 0 spiro atoms. The van der Waals surface area contributed by atoms with E-state index in [0.717, 1.165) is 19.4 Å². The molecular formula is C17H29F2N3O2. The van der Waals surface area contributed by atoms with Crippen molar-refractivity contribution in [1.82, 2.24) is 15.1 Å². The van der Waals surface area contributed by atoms with Crippen molar-refractivity contribution >= 4 is 11.8 Å². The van der Waals surface area contributed by atoms with E-state index in [1.54, 1.807) is 4.90 Å². The van der Waals surface area contributed by atoms with E-state index in [0.29, 0.717) is 6.54 Å². The Kier molecular flexibility index (Phi) is 5.83. The summed E-state index contributed by atoms with van der Waals surface area (Å²) in [7, 11) is 0. The minimum Gasteiger partial charge on any atom is -0.350 e. The van der Waals surface area contributed by atoms with E-state index in [2.05, 4.69) is 5.32 Å². The normalized spacial score (nSPS) is 25.4. The van der Waals surface area contributed by atoms with E-state index >= 15 is 0 Å². The molecule has 0 aromatic rings. The standard InChI is InChI=1S/C17H29F2N3O2/c1-16(2,3)20-14(23)12-21-8-4-5-13(11-21)15(24)22-9-6-17(18,19)7-10-22/h13H,4-12H2,1-3H3,(H,20,23). The molecule has 1 unspecified atom stereocenters. The van der Waals surface area contributed by atoms with E-state index in [4.69, 9.17) is 0 Å². The summed E-state index contributed by atoms with van der Waals surface area (Å²) in [6, 6.07) is 0. The van der Waals surface area contributed by atoms with Crippen LogP contribution in [0.1, 0.15) is 46.5 Å². The van der Waals surface area contributed by atoms with Gasteiger partial charge in [-0.25, -0.2) is 8.78 Å². The van der Waals surface area contributed by atoms with Crippen molar-refractivity contribution in [2.75, 3.05) is 32.7 Å². The minimum atomic E-state index is -2.64. The minimum absolute atomic E-state index is 0.0357. The molecule has 2 amide bonds. The van der Waals surface area contributed by atoms with Crippen LogP contribution in [0.15, 0.2) is 0 Å². The molecule has 0 radical (unpaired) electrons. The lowest BCUT2D eigenvalue weighted by molar-refractivity contribution is -0.144. The molecular weight excluding hydrogens is 316 g/mol. The third-order valence-corrected chi connectivity index (χ3v) is 4.54. The van der Waals surface area contributed by atoms with Crippen molar-refractivity contribution in [1.29, 1.82) is 0 Å². The average molecular weight is 345 g/mol. The Morgan fingerprint density at radius 3 is 2.38 bits per heavy atom. The summed E-state index contributed by atoms with van der Waals surface area (Å²) in [6.45, 7) is 7.65. The summed E-state index contributed by atoms with van der Waals surface area (Å²) in [4.78, 5) is 28.2. The zero-order valence-corrected chi connectivity index (χ0v) is 14.9. The third kappa shape index (κ3) is 5.69. The molecule has 1 N–H and O–H groups in total. The van der Waals surface area contributed by atoms with Crippen LogP contribution >= 0.6 is 0 Å². The number of piperidine rings is 2. The van der Waals surface area contributed by atoms with Crippen molar-refractivity contribution in [3.05, 3.63) is 0 Å². The Morgan fingerprint density at radius 1 is 1.17 bits per heavy atom. The molecule has 0 saturated carbocycles. The lowest BCUT2D eigenvalue weighted by Gasteiger charge is -2.37. The number of halogens is 2. The summed E-state index contributed by atoms with van der Waals surface area (Å²) < 4.78 is 26.5. The Morgan fingerprint density at radius 2 is 1.79 bits per heavy atom. The van der Waals surface area contributed by atoms with Crippen LogP contribution in [0.3, 0.4) is 0 Å². The largest absolute Gasteiger partial charge is 0.350 e. The van der Waals surface area contributed by atoms with Gasteiger partial charge in [0.25, 0.3) is 5.92 Å². The first-order valence-electron chi connectivity index (χ1n) is 8.76. The Bertz CT molecular complexity index is 467. The van der Waals surface area contributed by atoms with Gasteiger partial charge in [0.2, 0.25) is 11.8 Å². The summed E-state index contributed by atoms with van der Waals surface area (Å²) in [6.07, 6.45) is 1.12. The smallest absolute Gasteiger partial charge is 0.251 e. The van der Waals surface area contributed by atoms with Crippen LogP contribution in [0.4, 0.5) is 8.78 Å². The second kappa shape index (κ2) is 7.33. The van der Waals surface area contributed by atoms with Crippen molar-refractivity contribution in [2.45, 2.75) is 57.9 Å². The molecule has 138 valence electrons. The second-order valence-electron chi connectivity index (χ2n) is 8.05. The fourth-order valence-corrected chi connectivity index (χ4v) is 3.37. The SMILES string of the molecule is CC(C)(C)NC(=O)CN1CCCC(C(=O)N2CCC(F)(F)CC2)C1. The number of nitrogens with one attached hydrogen (secondary N) is 1. The van der Waals surface area contributed by atoms with Crippen molar-refractivity contribution in [3.63, 3.8) is 0 Å². The highest BCUT2D eigenvalue weighted by Gasteiger charge is 2.38. The maximum absolute atomic E-state index is 13.2. The van der Waals surface area contributed by atoms with Gasteiger partial charge in [-0.15, -0.1) is 0 Å². The maximum atomic E-state index is 13.2. The number of hydrogen-bond acceptors (Lipinski definition) is 3. The zero-order chi connectivity index (χ0) is 18.0. The predicted molar refractivity (Wildman–Crippen MR) is 87.8 cm³/mol. The molecule has 0 bridgehead atoms. The molecule has 2 heterocycles. The summed E-state index contributed by atoms with van der Waals surface area (Å²) in [5.41, 5.74) is -0.277. The highest BCUT2D eigenvalue weighted by atomic mass is 19.3. The van der Waals surface area contributed by atoms with Crippen LogP contribution < -0.4 is 5.32 Å². The molecule has 2 rings (SSSR count). The second-order valence-corrected chi connectivity index (χ2v) is 8.05. The van der Waals surface area contributed by atoms with E-state index in [1.807, 2.05) is 25.7 Å². The molecule has 5 nitrogen and oxygen atoms in total. The molecule has 1 atom stereocenters. The number of amides is 2. The molecule has 0 aromatic carbocycles. The van der Waals surface area contributed by atoms with Crippen LogP contribution in [-0.2, 0) is 9.59 Å². The fraction of sp³-hybridized carbons (Fsp3) is 0.882. The predicted octanol–water partition coefficient (Wildman–Crippen LogP) is 1.87. The van der Waals surface area contributed by atoms with Crippen molar-refractivity contribution < 1.29 is 18.4 Å². The summed E-state index contributed by atoms with van der Waals surface area (Å²) >= 11 is 0. The summed E-state index contributed by atoms with van der Waals surface area (Å²) in [5.74, 6) is -2.91. The fourth-order valence-electron chi connectivity index (χ4n) is 3.37. The molecule has 7 heteroatoms. The van der Waals surface area contributed by atoms with Crippen molar-refractivity contribution in [2.24, 2.45) is 5.92 Å². The zero-order valence-electron chi connectivity index (χ0n) is 14.9. The molecule has 24 heavy (non-hydrogen) atoms. The molecule has 2 saturated heterocycles. The number of hydrogen-bond donors (Lipinski definition) is 1. The Labute approximate surface area is 142 Å². The van der Waals surface area contributed by atoms with Crippen LogP contribution in [-0.4, -0.2) is 65.8 Å². The maximum Gasteiger partial charge on any atom is 0.251 e. The highest BCUT2D eigenvalue weighted by molar-refractivity contribution is 5.80. The van der Waals surface area contributed by atoms with Gasteiger partial charge >= 0.3 is 0 Å². The molecule has 2 aliphatic heterocycles. The van der Waals surface area contributed by atoms with Gasteiger partial charge in [0.05, 0.1) is 12.5 Å². The Balaban J connectivity index is 1.84. The van der Waals surface area contributed by atoms with Gasteiger partial charge in [0, 0.05) is 38.0 Å². The Hall–Kier alpha value is -1.24. The topological polar surface area (TPSA) is 52.7 Å².